The van der Waals surface area contributed by atoms with Crippen molar-refractivity contribution in [3.05, 3.63) is 71.8 Å². The lowest BCUT2D eigenvalue weighted by molar-refractivity contribution is -0.217. The molecule has 99 heavy (non-hydrogen) atoms. The van der Waals surface area contributed by atoms with E-state index in [4.69, 9.17) is 132 Å². The molecule has 8 aliphatic rings. The van der Waals surface area contributed by atoms with Gasteiger partial charge in [-0.2, -0.15) is 0 Å². The van der Waals surface area contributed by atoms with Gasteiger partial charge < -0.3 is 79.2 Å². The maximum atomic E-state index is 12.9. The first kappa shape index (κ1) is 91.0. The third kappa shape index (κ3) is 19.7. The smallest absolute Gasteiger partial charge is 0.497 e. The van der Waals surface area contributed by atoms with E-state index in [2.05, 4.69) is 100 Å². The zero-order valence-electron chi connectivity index (χ0n) is 57.8. The number of ether oxygens (including phenoxy) is 8. The average Bonchev–Trinajstić information content (AvgIpc) is 1.52. The lowest BCUT2D eigenvalue weighted by Crippen LogP contribution is -2.81. The molecule has 10 rings (SSSR count). The van der Waals surface area contributed by atoms with Gasteiger partial charge in [-0.1, -0.05) is 50.3 Å². The van der Waals surface area contributed by atoms with E-state index in [1.165, 1.54) is 12.5 Å². The molecule has 2 aliphatic carbocycles. The zero-order valence-corrected chi connectivity index (χ0v) is 63.9. The Hall–Kier alpha value is -4.04. The van der Waals surface area contributed by atoms with Gasteiger partial charge in [0.25, 0.3) is 0 Å². The zero-order chi connectivity index (χ0) is 73.9. The number of alkyl carbamates (subject to hydrolysis) is 1. The van der Waals surface area contributed by atoms with E-state index in [1.54, 1.807) is 69.6 Å². The summed E-state index contributed by atoms with van der Waals surface area (Å²) in [6, 6.07) is 11.8. The van der Waals surface area contributed by atoms with Crippen LogP contribution >= 0.6 is 92.8 Å². The number of methoxy groups -OCH3 is 2. The second-order valence-corrected chi connectivity index (χ2v) is 30.5. The maximum absolute atomic E-state index is 12.9. The Morgan fingerprint density at radius 3 is 1.36 bits per heavy atom. The summed E-state index contributed by atoms with van der Waals surface area (Å²) in [5, 5.41) is 47.3. The van der Waals surface area contributed by atoms with Crippen molar-refractivity contribution >= 4 is 142 Å². The Kier molecular flexibility index (Phi) is 34.1. The average molecular weight is 1570 g/mol. The summed E-state index contributed by atoms with van der Waals surface area (Å²) in [6.45, 7) is 22.9. The van der Waals surface area contributed by atoms with Gasteiger partial charge in [-0.25, -0.2) is 19.2 Å². The number of halogens is 11. The van der Waals surface area contributed by atoms with Crippen LogP contribution in [-0.2, 0) is 44.0 Å². The third-order valence-corrected chi connectivity index (χ3v) is 19.1. The van der Waals surface area contributed by atoms with E-state index in [0.717, 1.165) is 73.9 Å². The summed E-state index contributed by atoms with van der Waals surface area (Å²) >= 11 is 39.8. The van der Waals surface area contributed by atoms with Crippen LogP contribution < -0.4 is 30.3 Å². The van der Waals surface area contributed by atoms with E-state index < -0.39 is 82.7 Å². The SMILES string of the molecule is CC(C)O.CC(C)OC(=O)Cl.CC(C)OC(=O)Cl.CC[C@]12C=CCN3CC[C@@]4(c5ccc(OC)cc5N(C)[C@H]4[C@@](O)(CN)[C@@H]1O)[C@@H]32.CC[C@]12C=CCN3CC[C@@]4(c5ccc(OC)cc5N(C)[C@H]4[C@@](O)(CNC(=O)OC(C)C)[C@@H]1OC(C)=O)[C@@H]32.F.FF.O=C(OC(Cl)(Cl)Cl)OC(Cl)(Cl)Cl.[B]. The van der Waals surface area contributed by atoms with Crippen molar-refractivity contribution in [2.75, 3.05) is 77.4 Å². The number of benzene rings is 2. The molecule has 23 nitrogen and oxygen atoms in total. The molecule has 2 saturated carbocycles. The van der Waals surface area contributed by atoms with E-state index in [1.807, 2.05) is 32.3 Å². The minimum Gasteiger partial charge on any atom is -0.497 e. The number of esters is 1. The number of nitrogens with two attached hydrogens (primary N) is 1. The van der Waals surface area contributed by atoms with Gasteiger partial charge in [0.2, 0.25) is 0 Å². The van der Waals surface area contributed by atoms with Crippen LogP contribution in [-0.4, -0.2) is 215 Å². The van der Waals surface area contributed by atoms with Crippen LogP contribution in [0.4, 0.5) is 44.4 Å². The summed E-state index contributed by atoms with van der Waals surface area (Å²) in [5.74, 6) is 1.08. The van der Waals surface area contributed by atoms with Crippen molar-refractivity contribution in [2.45, 2.75) is 193 Å². The molecule has 2 aromatic rings. The van der Waals surface area contributed by atoms with Crippen molar-refractivity contribution in [2.24, 2.45) is 16.6 Å². The number of carbonyl (C=O) groups is 5. The van der Waals surface area contributed by atoms with Gasteiger partial charge in [0.15, 0.2) is 0 Å². The molecule has 0 bridgehead atoms. The Balaban J connectivity index is 0.000000470. The van der Waals surface area contributed by atoms with Crippen molar-refractivity contribution in [1.82, 2.24) is 15.1 Å². The summed E-state index contributed by atoms with van der Waals surface area (Å²) in [6.07, 6.45) is 7.30. The number of carbonyl (C=O) groups excluding carboxylic acids is 5. The number of hydrogen-bond acceptors (Lipinski definition) is 22. The van der Waals surface area contributed by atoms with Crippen LogP contribution in [0.3, 0.4) is 0 Å². The first-order chi connectivity index (χ1) is 45.0. The quantitative estimate of drug-likeness (QED) is 0.0304. The number of anilines is 2. The lowest BCUT2D eigenvalue weighted by atomic mass is 9.47. The van der Waals surface area contributed by atoms with Gasteiger partial charge in [0.1, 0.15) is 28.8 Å². The lowest BCUT2D eigenvalue weighted by Gasteiger charge is -2.64. The molecule has 6 aliphatic heterocycles. The van der Waals surface area contributed by atoms with E-state index in [9.17, 15) is 39.3 Å². The predicted octanol–water partition coefficient (Wildman–Crippen LogP) is 11.8. The van der Waals surface area contributed by atoms with E-state index in [0.29, 0.717) is 6.42 Å². The Morgan fingerprint density at radius 1 is 0.667 bits per heavy atom. The molecule has 561 valence electrons. The largest absolute Gasteiger partial charge is 0.515 e. The minimum absolute atomic E-state index is 0. The van der Waals surface area contributed by atoms with Crippen LogP contribution in [0.5, 0.6) is 11.5 Å². The number of fused-ring (bicyclic) bond motifs is 2. The molecule has 6 heterocycles. The molecule has 3 radical (unpaired) electrons. The molecular formula is C64H93BCl8F3N6O17. The van der Waals surface area contributed by atoms with Gasteiger partial charge in [0.05, 0.1) is 57.3 Å². The number of hydrogen-bond donors (Lipinski definition) is 6. The molecular weight excluding hydrogens is 1480 g/mol. The molecule has 2 saturated heterocycles. The number of alkyl halides is 6. The first-order valence-electron chi connectivity index (χ1n) is 31.2. The number of nitrogens with one attached hydrogen (secondary N) is 1. The molecule has 2 spiro atoms. The summed E-state index contributed by atoms with van der Waals surface area (Å²) in [7, 11) is 7.31. The predicted molar refractivity (Wildman–Crippen MR) is 378 cm³/mol. The topological polar surface area (TPSA) is 291 Å². The third-order valence-electron chi connectivity index (χ3n) is 18.4. The highest BCUT2D eigenvalue weighted by Gasteiger charge is 2.79. The highest BCUT2D eigenvalue weighted by molar-refractivity contribution is 6.67. The van der Waals surface area contributed by atoms with Gasteiger partial charge in [-0.05, 0) is 187 Å². The second kappa shape index (κ2) is 37.1. The molecule has 2 aromatic carbocycles. The number of amides is 1. The standard InChI is InChI=1S/C28H39N3O6.C22H31N3O3.2C4H7ClO2.C3Cl6O3.C3H8O.B.F2.FH/c1-7-26-11-8-13-31-14-12-27(22(26)31)20-10-9-19(35-6)15-21(20)30(5)23(27)28(34,24(26)37-18(4)32)16-29-25(33)36-17(2)3;1-4-20-8-5-10-25-11-9-21(17(20)25)15-7-6-14(28-3)12-16(15)24(2)18(21)22(27,13-23)19(20)26;2*1-3(2)7-4(5)6;4-2(5,6)11-1(10)12-3(7,8)9;1-3(2)4;;1-2;/h8-11,15,17,22-24,34H,7,12-14,16H2,1-6H3,(H,29,33);5-8,12,17-19,26-27H,4,9-11,13,23H2,1-3H3;2*3H,1-2H3;;3-4H,1-2H3;;;1H/t22-,23+,24+,26+,27+,28-;17-,18+,19+,20+,21+,22-;;;;;;;/m00......./s1. The van der Waals surface area contributed by atoms with Crippen LogP contribution in [0.2, 0.25) is 0 Å². The second-order valence-electron chi connectivity index (χ2n) is 25.5. The Morgan fingerprint density at radius 2 is 1.04 bits per heavy atom. The number of likely N-dealkylation sites (N-methyl/N-ethyl adjacent to an activating group) is 2. The molecule has 12 atom stereocenters. The van der Waals surface area contributed by atoms with Crippen molar-refractivity contribution in [3.8, 4) is 11.5 Å². The Labute approximate surface area is 619 Å². The number of aliphatic hydroxyl groups excluding tert-OH is 2. The van der Waals surface area contributed by atoms with Crippen LogP contribution in [0, 0.1) is 10.8 Å². The highest BCUT2D eigenvalue weighted by Crippen LogP contribution is 2.69. The minimum atomic E-state index is -2.24. The van der Waals surface area contributed by atoms with Gasteiger partial charge in [-0.3, -0.25) is 19.3 Å². The van der Waals surface area contributed by atoms with Crippen LogP contribution in [0.15, 0.2) is 60.7 Å². The van der Waals surface area contributed by atoms with E-state index in [-0.39, 0.29) is 74.2 Å². The Bertz CT molecular complexity index is 3060. The van der Waals surface area contributed by atoms with Crippen LogP contribution in [0.25, 0.3) is 0 Å². The monoisotopic (exact) mass is 1570 g/mol. The molecule has 0 aromatic heterocycles. The number of aliphatic hydroxyl groups is 4. The number of nitrogens with zero attached hydrogens (tertiary/aromatic N) is 4. The van der Waals surface area contributed by atoms with Crippen molar-refractivity contribution in [3.63, 3.8) is 0 Å². The first-order valence-corrected chi connectivity index (χ1v) is 34.3. The fourth-order valence-electron chi connectivity index (χ4n) is 16.0. The highest BCUT2D eigenvalue weighted by atomic mass is 35.6. The normalized spacial score (nSPS) is 28.9. The van der Waals surface area contributed by atoms with Gasteiger partial charge >= 0.3 is 37.0 Å². The summed E-state index contributed by atoms with van der Waals surface area (Å²) < 4.78 is 50.7. The molecule has 7 N–H and O–H groups in total. The van der Waals surface area contributed by atoms with Crippen LogP contribution in [0.1, 0.15) is 113 Å². The van der Waals surface area contributed by atoms with Crippen molar-refractivity contribution in [1.29, 1.82) is 0 Å². The molecule has 1 amide bonds. The molecule has 4 fully saturated rings. The summed E-state index contributed by atoms with van der Waals surface area (Å²) in [5.41, 5.74) is 4.28. The fraction of sp³-hybridized carbons (Fsp3) is 0.672. The fourth-order valence-corrected chi connectivity index (χ4v) is 16.8. The van der Waals surface area contributed by atoms with Gasteiger partial charge in [0, 0.05) is 145 Å². The number of rotatable bonds is 11. The van der Waals surface area contributed by atoms with Gasteiger partial charge in [-0.15, -0.1) is 0 Å². The van der Waals surface area contributed by atoms with Crippen molar-refractivity contribution < 1.29 is 96.1 Å². The van der Waals surface area contributed by atoms with E-state index >= 15 is 0 Å². The summed E-state index contributed by atoms with van der Waals surface area (Å²) in [4.78, 5) is 64.5. The maximum Gasteiger partial charge on any atom is 0.515 e. The molecule has 0 unspecified atom stereocenters. The molecule has 35 heteroatoms.